The Kier molecular flexibility index (Phi) is 5.18. The van der Waals surface area contributed by atoms with E-state index >= 15 is 0 Å². The largest absolute Gasteiger partial charge is 0.352 e. The first-order chi connectivity index (χ1) is 11.7. The molecule has 0 unspecified atom stereocenters. The third kappa shape index (κ3) is 3.97. The monoisotopic (exact) mass is 337 g/mol. The van der Waals surface area contributed by atoms with Gasteiger partial charge in [0.05, 0.1) is 12.1 Å². The predicted molar refractivity (Wildman–Crippen MR) is 94.5 cm³/mol. The zero-order valence-corrected chi connectivity index (χ0v) is 13.7. The number of hydrogen-bond acceptors (Lipinski definition) is 3. The Morgan fingerprint density at radius 1 is 0.958 bits per heavy atom. The lowest BCUT2D eigenvalue weighted by Gasteiger charge is -2.10. The van der Waals surface area contributed by atoms with Gasteiger partial charge in [0.25, 0.3) is 0 Å². The van der Waals surface area contributed by atoms with Gasteiger partial charge in [-0.15, -0.1) is 0 Å². The van der Waals surface area contributed by atoms with Crippen molar-refractivity contribution in [2.75, 3.05) is 0 Å². The first-order valence-electron chi connectivity index (χ1n) is 7.58. The normalized spacial score (nSPS) is 10.4. The van der Waals surface area contributed by atoms with E-state index in [0.717, 1.165) is 22.4 Å². The van der Waals surface area contributed by atoms with Crippen molar-refractivity contribution < 1.29 is 4.79 Å². The van der Waals surface area contributed by atoms with Crippen LogP contribution in [0.25, 0.3) is 11.3 Å². The SMILES string of the molecule is O=C(Cc1ccccc1Cl)NCc1cccnc1-c1ccncc1. The van der Waals surface area contributed by atoms with Crippen LogP contribution < -0.4 is 5.32 Å². The molecule has 0 fully saturated rings. The van der Waals surface area contributed by atoms with E-state index in [1.54, 1.807) is 24.7 Å². The minimum Gasteiger partial charge on any atom is -0.352 e. The molecule has 0 atom stereocenters. The second kappa shape index (κ2) is 7.70. The van der Waals surface area contributed by atoms with Crippen LogP contribution >= 0.6 is 11.6 Å². The minimum absolute atomic E-state index is 0.0763. The van der Waals surface area contributed by atoms with Gasteiger partial charge in [0.2, 0.25) is 5.91 Å². The van der Waals surface area contributed by atoms with Crippen LogP contribution in [0.15, 0.2) is 67.1 Å². The molecule has 2 heterocycles. The van der Waals surface area contributed by atoms with Crippen molar-refractivity contribution in [2.24, 2.45) is 0 Å². The van der Waals surface area contributed by atoms with Crippen LogP contribution in [0.1, 0.15) is 11.1 Å². The third-order valence-corrected chi connectivity index (χ3v) is 4.00. The summed E-state index contributed by atoms with van der Waals surface area (Å²) in [4.78, 5) is 20.6. The van der Waals surface area contributed by atoms with Gasteiger partial charge in [-0.1, -0.05) is 35.9 Å². The van der Waals surface area contributed by atoms with Crippen molar-refractivity contribution in [1.29, 1.82) is 0 Å². The first kappa shape index (κ1) is 16.1. The lowest BCUT2D eigenvalue weighted by Crippen LogP contribution is -2.25. The van der Waals surface area contributed by atoms with Crippen molar-refractivity contribution in [2.45, 2.75) is 13.0 Å². The summed E-state index contributed by atoms with van der Waals surface area (Å²) >= 11 is 6.09. The Morgan fingerprint density at radius 2 is 1.71 bits per heavy atom. The Hall–Kier alpha value is -2.72. The quantitative estimate of drug-likeness (QED) is 0.773. The molecule has 1 aromatic carbocycles. The molecule has 0 radical (unpaired) electrons. The predicted octanol–water partition coefficient (Wildman–Crippen LogP) is 3.66. The molecule has 0 bridgehead atoms. The summed E-state index contributed by atoms with van der Waals surface area (Å²) in [6.45, 7) is 0.411. The van der Waals surface area contributed by atoms with Gasteiger partial charge < -0.3 is 5.32 Å². The summed E-state index contributed by atoms with van der Waals surface area (Å²) in [6.07, 6.45) is 5.45. The van der Waals surface area contributed by atoms with Gasteiger partial charge in [-0.2, -0.15) is 0 Å². The molecule has 0 aliphatic carbocycles. The third-order valence-electron chi connectivity index (χ3n) is 3.63. The average molecular weight is 338 g/mol. The van der Waals surface area contributed by atoms with E-state index in [1.807, 2.05) is 42.5 Å². The van der Waals surface area contributed by atoms with Gasteiger partial charge in [0.1, 0.15) is 0 Å². The van der Waals surface area contributed by atoms with Crippen molar-refractivity contribution >= 4 is 17.5 Å². The van der Waals surface area contributed by atoms with Gasteiger partial charge >= 0.3 is 0 Å². The number of halogens is 1. The highest BCUT2D eigenvalue weighted by Gasteiger charge is 2.09. The molecule has 0 aliphatic heterocycles. The topological polar surface area (TPSA) is 54.9 Å². The molecular weight excluding hydrogens is 322 g/mol. The van der Waals surface area contributed by atoms with Crippen LogP contribution in [-0.4, -0.2) is 15.9 Å². The number of carbonyl (C=O) groups excluding carboxylic acids is 1. The molecule has 0 aliphatic rings. The summed E-state index contributed by atoms with van der Waals surface area (Å²) in [5.74, 6) is -0.0763. The number of aromatic nitrogens is 2. The molecule has 5 heteroatoms. The fraction of sp³-hybridized carbons (Fsp3) is 0.105. The molecule has 1 amide bonds. The van der Waals surface area contributed by atoms with Gasteiger partial charge in [-0.3, -0.25) is 14.8 Å². The molecule has 0 saturated heterocycles. The van der Waals surface area contributed by atoms with Crippen LogP contribution in [-0.2, 0) is 17.8 Å². The lowest BCUT2D eigenvalue weighted by atomic mass is 10.1. The van der Waals surface area contributed by atoms with Crippen LogP contribution in [0.4, 0.5) is 0 Å². The van der Waals surface area contributed by atoms with Gasteiger partial charge in [-0.25, -0.2) is 0 Å². The second-order valence-electron chi connectivity index (χ2n) is 5.29. The van der Waals surface area contributed by atoms with Crippen LogP contribution in [0.3, 0.4) is 0 Å². The van der Waals surface area contributed by atoms with E-state index in [4.69, 9.17) is 11.6 Å². The Morgan fingerprint density at radius 3 is 2.50 bits per heavy atom. The van der Waals surface area contributed by atoms with Crippen LogP contribution in [0.5, 0.6) is 0 Å². The molecule has 0 saturated carbocycles. The number of hydrogen-bond donors (Lipinski definition) is 1. The highest BCUT2D eigenvalue weighted by atomic mass is 35.5. The highest BCUT2D eigenvalue weighted by Crippen LogP contribution is 2.20. The van der Waals surface area contributed by atoms with E-state index in [0.29, 0.717) is 11.6 Å². The van der Waals surface area contributed by atoms with Gasteiger partial charge in [-0.05, 0) is 35.4 Å². The van der Waals surface area contributed by atoms with E-state index in [-0.39, 0.29) is 12.3 Å². The van der Waals surface area contributed by atoms with Crippen molar-refractivity contribution in [1.82, 2.24) is 15.3 Å². The maximum absolute atomic E-state index is 12.2. The molecule has 3 aromatic rings. The zero-order valence-electron chi connectivity index (χ0n) is 12.9. The van der Waals surface area contributed by atoms with Crippen molar-refractivity contribution in [3.05, 3.63) is 83.3 Å². The van der Waals surface area contributed by atoms with E-state index in [1.165, 1.54) is 0 Å². The van der Waals surface area contributed by atoms with E-state index in [9.17, 15) is 4.79 Å². The lowest BCUT2D eigenvalue weighted by molar-refractivity contribution is -0.120. The number of nitrogens with zero attached hydrogens (tertiary/aromatic N) is 2. The number of rotatable bonds is 5. The summed E-state index contributed by atoms with van der Waals surface area (Å²) in [6, 6.07) is 15.0. The van der Waals surface area contributed by atoms with Crippen LogP contribution in [0, 0.1) is 0 Å². The number of carbonyl (C=O) groups is 1. The number of pyridine rings is 2. The number of benzene rings is 1. The Balaban J connectivity index is 1.69. The van der Waals surface area contributed by atoms with Crippen LogP contribution in [0.2, 0.25) is 5.02 Å². The fourth-order valence-corrected chi connectivity index (χ4v) is 2.62. The van der Waals surface area contributed by atoms with Gasteiger partial charge in [0.15, 0.2) is 0 Å². The smallest absolute Gasteiger partial charge is 0.224 e. The maximum Gasteiger partial charge on any atom is 0.224 e. The highest BCUT2D eigenvalue weighted by molar-refractivity contribution is 6.31. The summed E-state index contributed by atoms with van der Waals surface area (Å²) in [5.41, 5.74) is 3.59. The molecular formula is C19H16ClN3O. The molecule has 1 N–H and O–H groups in total. The molecule has 2 aromatic heterocycles. The number of nitrogens with one attached hydrogen (secondary N) is 1. The molecule has 120 valence electrons. The van der Waals surface area contributed by atoms with E-state index in [2.05, 4.69) is 15.3 Å². The zero-order chi connectivity index (χ0) is 16.8. The van der Waals surface area contributed by atoms with E-state index < -0.39 is 0 Å². The van der Waals surface area contributed by atoms with Crippen molar-refractivity contribution in [3.8, 4) is 11.3 Å². The molecule has 4 nitrogen and oxygen atoms in total. The first-order valence-corrected chi connectivity index (χ1v) is 7.96. The Bertz CT molecular complexity index is 837. The molecule has 24 heavy (non-hydrogen) atoms. The Labute approximate surface area is 145 Å². The number of amides is 1. The maximum atomic E-state index is 12.2. The fourth-order valence-electron chi connectivity index (χ4n) is 2.42. The summed E-state index contributed by atoms with van der Waals surface area (Å²) < 4.78 is 0. The van der Waals surface area contributed by atoms with Crippen molar-refractivity contribution in [3.63, 3.8) is 0 Å². The van der Waals surface area contributed by atoms with Gasteiger partial charge in [0, 0.05) is 35.7 Å². The minimum atomic E-state index is -0.0763. The standard InChI is InChI=1S/C19H16ClN3O/c20-17-6-2-1-4-15(17)12-18(24)23-13-16-5-3-9-22-19(16)14-7-10-21-11-8-14/h1-11H,12-13H2,(H,23,24). The second-order valence-corrected chi connectivity index (χ2v) is 5.70. The summed E-state index contributed by atoms with van der Waals surface area (Å²) in [7, 11) is 0. The summed E-state index contributed by atoms with van der Waals surface area (Å²) in [5, 5.41) is 3.53. The average Bonchev–Trinajstić information content (AvgIpc) is 2.63. The molecule has 3 rings (SSSR count). The molecule has 0 spiro atoms.